The van der Waals surface area contributed by atoms with Gasteiger partial charge in [0.1, 0.15) is 9.75 Å². The molecule has 1 heterocycles. The van der Waals surface area contributed by atoms with E-state index in [2.05, 4.69) is 52.9 Å². The molecule has 3 aromatic rings. The summed E-state index contributed by atoms with van der Waals surface area (Å²) < 4.78 is 12.7. The standard InChI is InChI=1S/C26H24Br2N6O8S/c1-3-9-41-21-22(42-10-4-2)24(26(36)32-30-14-16-12-18(34(39)40)6-8-20(16)28)43-23(21)25(35)31-29-13-15-11-17(33(37)38)5-7-19(15)27/h5-8,11-14H,3-4,9-10H2,1-2H3,(H,31,35)(H,32,36)/b29-13+,30-14+. The molecule has 43 heavy (non-hydrogen) atoms. The van der Waals surface area contributed by atoms with Gasteiger partial charge in [-0.15, -0.1) is 11.3 Å². The summed E-state index contributed by atoms with van der Waals surface area (Å²) in [7, 11) is 0. The van der Waals surface area contributed by atoms with Crippen LogP contribution in [-0.2, 0) is 0 Å². The zero-order chi connectivity index (χ0) is 31.5. The summed E-state index contributed by atoms with van der Waals surface area (Å²) in [5.41, 5.74) is 5.10. The van der Waals surface area contributed by atoms with E-state index < -0.39 is 21.7 Å². The fourth-order valence-corrected chi connectivity index (χ4v) is 4.95. The van der Waals surface area contributed by atoms with Crippen LogP contribution in [0.25, 0.3) is 0 Å². The van der Waals surface area contributed by atoms with Crippen LogP contribution in [0.3, 0.4) is 0 Å². The summed E-state index contributed by atoms with van der Waals surface area (Å²) >= 11 is 7.36. The number of amides is 2. The van der Waals surface area contributed by atoms with E-state index >= 15 is 0 Å². The molecular weight excluding hydrogens is 716 g/mol. The number of hydrazone groups is 2. The number of ether oxygens (including phenoxy) is 2. The molecule has 0 atom stereocenters. The van der Waals surface area contributed by atoms with Crippen molar-refractivity contribution in [3.8, 4) is 11.5 Å². The second kappa shape index (κ2) is 15.9. The minimum Gasteiger partial charge on any atom is -0.488 e. The molecular formula is C26H24Br2N6O8S. The van der Waals surface area contributed by atoms with E-state index in [1.165, 1.54) is 48.8 Å². The van der Waals surface area contributed by atoms with Gasteiger partial charge in [-0.2, -0.15) is 10.2 Å². The lowest BCUT2D eigenvalue weighted by molar-refractivity contribution is -0.385. The van der Waals surface area contributed by atoms with Gasteiger partial charge in [0.2, 0.25) is 0 Å². The number of carbonyl (C=O) groups excluding carboxylic acids is 2. The van der Waals surface area contributed by atoms with Gasteiger partial charge in [0.25, 0.3) is 23.2 Å². The van der Waals surface area contributed by atoms with Crippen LogP contribution in [-0.4, -0.2) is 47.3 Å². The van der Waals surface area contributed by atoms with E-state index in [-0.39, 0.29) is 45.8 Å². The highest BCUT2D eigenvalue weighted by Gasteiger charge is 2.29. The molecule has 2 aromatic carbocycles. The summed E-state index contributed by atoms with van der Waals surface area (Å²) in [6.07, 6.45) is 3.68. The van der Waals surface area contributed by atoms with Gasteiger partial charge < -0.3 is 9.47 Å². The first kappa shape index (κ1) is 33.3. The fourth-order valence-electron chi connectivity index (χ4n) is 3.28. The summed E-state index contributed by atoms with van der Waals surface area (Å²) in [6, 6.07) is 8.18. The molecule has 0 aliphatic rings. The van der Waals surface area contributed by atoms with Gasteiger partial charge >= 0.3 is 0 Å². The third-order valence-corrected chi connectivity index (χ3v) is 7.85. The Kier molecular flexibility index (Phi) is 12.3. The number of non-ortho nitro benzene ring substituents is 2. The number of carbonyl (C=O) groups is 2. The molecule has 0 spiro atoms. The zero-order valence-electron chi connectivity index (χ0n) is 22.7. The van der Waals surface area contributed by atoms with Gasteiger partial charge in [-0.25, -0.2) is 10.9 Å². The van der Waals surface area contributed by atoms with Crippen LogP contribution in [0.1, 0.15) is 57.2 Å². The normalized spacial score (nSPS) is 11.1. The van der Waals surface area contributed by atoms with Crippen molar-refractivity contribution in [2.45, 2.75) is 26.7 Å². The topological polar surface area (TPSA) is 188 Å². The van der Waals surface area contributed by atoms with Crippen molar-refractivity contribution in [3.05, 3.63) is 86.5 Å². The Balaban J connectivity index is 1.90. The van der Waals surface area contributed by atoms with Crippen LogP contribution in [0.15, 0.2) is 55.5 Å². The third kappa shape index (κ3) is 8.89. The van der Waals surface area contributed by atoms with Crippen molar-refractivity contribution in [1.82, 2.24) is 10.9 Å². The Morgan fingerprint density at radius 3 is 1.56 bits per heavy atom. The zero-order valence-corrected chi connectivity index (χ0v) is 26.7. The average Bonchev–Trinajstić information content (AvgIpc) is 3.34. The van der Waals surface area contributed by atoms with E-state index in [4.69, 9.17) is 9.47 Å². The number of thiophene rings is 1. The van der Waals surface area contributed by atoms with Crippen molar-refractivity contribution >= 4 is 78.8 Å². The molecule has 0 radical (unpaired) electrons. The van der Waals surface area contributed by atoms with E-state index in [0.29, 0.717) is 32.9 Å². The quantitative estimate of drug-likeness (QED) is 0.111. The van der Waals surface area contributed by atoms with Gasteiger partial charge in [-0.3, -0.25) is 29.8 Å². The highest BCUT2D eigenvalue weighted by atomic mass is 79.9. The van der Waals surface area contributed by atoms with E-state index in [1.54, 1.807) is 0 Å². The maximum atomic E-state index is 13.2. The van der Waals surface area contributed by atoms with Crippen LogP contribution < -0.4 is 20.3 Å². The number of nitrogens with zero attached hydrogens (tertiary/aromatic N) is 4. The lowest BCUT2D eigenvalue weighted by atomic mass is 10.2. The number of hydrogen-bond donors (Lipinski definition) is 2. The lowest BCUT2D eigenvalue weighted by Gasteiger charge is -2.10. The van der Waals surface area contributed by atoms with Crippen LogP contribution in [0.5, 0.6) is 11.5 Å². The number of hydrogen-bond acceptors (Lipinski definition) is 11. The highest BCUT2D eigenvalue weighted by molar-refractivity contribution is 9.10. The molecule has 0 saturated heterocycles. The molecule has 3 rings (SSSR count). The van der Waals surface area contributed by atoms with Gasteiger partial charge in [-0.05, 0) is 25.0 Å². The molecule has 0 saturated carbocycles. The molecule has 14 nitrogen and oxygen atoms in total. The summed E-state index contributed by atoms with van der Waals surface area (Å²) in [5, 5.41) is 30.0. The Hall–Kier alpha value is -4.22. The lowest BCUT2D eigenvalue weighted by Crippen LogP contribution is -2.17. The number of nitro benzene ring substituents is 2. The van der Waals surface area contributed by atoms with E-state index in [9.17, 15) is 29.8 Å². The van der Waals surface area contributed by atoms with Crippen LogP contribution in [0.2, 0.25) is 0 Å². The maximum Gasteiger partial charge on any atom is 0.285 e. The summed E-state index contributed by atoms with van der Waals surface area (Å²) in [5.74, 6) is -1.31. The first-order chi connectivity index (χ1) is 20.6. The monoisotopic (exact) mass is 738 g/mol. The Morgan fingerprint density at radius 2 is 1.21 bits per heavy atom. The van der Waals surface area contributed by atoms with Gasteiger partial charge in [0, 0.05) is 44.3 Å². The first-order valence-electron chi connectivity index (χ1n) is 12.5. The predicted octanol–water partition coefficient (Wildman–Crippen LogP) is 6.19. The van der Waals surface area contributed by atoms with E-state index in [0.717, 1.165) is 11.3 Å². The van der Waals surface area contributed by atoms with Crippen molar-refractivity contribution < 1.29 is 28.9 Å². The predicted molar refractivity (Wildman–Crippen MR) is 168 cm³/mol. The molecule has 1 aromatic heterocycles. The summed E-state index contributed by atoms with van der Waals surface area (Å²) in [4.78, 5) is 47.4. The van der Waals surface area contributed by atoms with Crippen molar-refractivity contribution in [2.24, 2.45) is 10.2 Å². The second-order valence-electron chi connectivity index (χ2n) is 8.44. The Morgan fingerprint density at radius 1 is 0.814 bits per heavy atom. The molecule has 0 bridgehead atoms. The number of nitro groups is 2. The fraction of sp³-hybridized carbons (Fsp3) is 0.231. The number of benzene rings is 2. The maximum absolute atomic E-state index is 13.2. The Labute approximate surface area is 265 Å². The Bertz CT molecular complexity index is 1480. The number of halogens is 2. The molecule has 0 fully saturated rings. The number of nitrogens with one attached hydrogen (secondary N) is 2. The molecule has 226 valence electrons. The minimum atomic E-state index is -0.710. The van der Waals surface area contributed by atoms with Crippen molar-refractivity contribution in [2.75, 3.05) is 13.2 Å². The highest BCUT2D eigenvalue weighted by Crippen LogP contribution is 2.43. The van der Waals surface area contributed by atoms with Gasteiger partial charge in [-0.1, -0.05) is 45.7 Å². The van der Waals surface area contributed by atoms with Gasteiger partial charge in [0.15, 0.2) is 11.5 Å². The molecule has 0 unspecified atom stereocenters. The van der Waals surface area contributed by atoms with Crippen molar-refractivity contribution in [3.63, 3.8) is 0 Å². The molecule has 2 N–H and O–H groups in total. The molecule has 0 aliphatic heterocycles. The molecule has 0 aliphatic carbocycles. The number of rotatable bonds is 14. The smallest absolute Gasteiger partial charge is 0.285 e. The van der Waals surface area contributed by atoms with Crippen LogP contribution >= 0.6 is 43.2 Å². The minimum absolute atomic E-state index is 0.00497. The van der Waals surface area contributed by atoms with Crippen LogP contribution in [0, 0.1) is 20.2 Å². The average molecular weight is 740 g/mol. The second-order valence-corrected chi connectivity index (χ2v) is 11.2. The molecule has 17 heteroatoms. The third-order valence-electron chi connectivity index (χ3n) is 5.26. The van der Waals surface area contributed by atoms with Crippen LogP contribution in [0.4, 0.5) is 11.4 Å². The summed E-state index contributed by atoms with van der Waals surface area (Å²) in [6.45, 7) is 4.19. The first-order valence-corrected chi connectivity index (χ1v) is 14.9. The van der Waals surface area contributed by atoms with Crippen molar-refractivity contribution in [1.29, 1.82) is 0 Å². The van der Waals surface area contributed by atoms with E-state index in [1.807, 2.05) is 13.8 Å². The largest absolute Gasteiger partial charge is 0.488 e. The SMILES string of the molecule is CCCOc1c(C(=O)N/N=C/c2cc([N+](=O)[O-])ccc2Br)sc(C(=O)N/N=C/c2cc([N+](=O)[O-])ccc2Br)c1OCCC. The molecule has 2 amide bonds. The van der Waals surface area contributed by atoms with Gasteiger partial charge in [0.05, 0.1) is 35.5 Å².